The van der Waals surface area contributed by atoms with E-state index in [1.165, 1.54) is 7.11 Å². The van der Waals surface area contributed by atoms with Crippen LogP contribution in [-0.2, 0) is 9.53 Å². The molecule has 132 valence electrons. The molecular weight excluding hydrogens is 318 g/mol. The fraction of sp³-hybridized carbons (Fsp3) is 0.444. The predicted octanol–water partition coefficient (Wildman–Crippen LogP) is 2.54. The average Bonchev–Trinajstić information content (AvgIpc) is 3.06. The van der Waals surface area contributed by atoms with E-state index < -0.39 is 0 Å². The van der Waals surface area contributed by atoms with Gasteiger partial charge in [-0.2, -0.15) is 0 Å². The number of nitrogens with zero attached hydrogens (tertiary/aromatic N) is 4. The van der Waals surface area contributed by atoms with Crippen molar-refractivity contribution in [1.29, 1.82) is 0 Å². The number of amides is 1. The lowest BCUT2D eigenvalue weighted by Gasteiger charge is -2.24. The number of carbonyl (C=O) groups is 1. The van der Waals surface area contributed by atoms with Gasteiger partial charge in [0.25, 0.3) is 0 Å². The molecule has 2 aromatic rings. The molecule has 0 unspecified atom stereocenters. The number of methoxy groups -OCH3 is 1. The summed E-state index contributed by atoms with van der Waals surface area (Å²) in [5, 5.41) is 3.26. The third-order valence-electron chi connectivity index (χ3n) is 4.30. The Bertz CT molecular complexity index is 765. The lowest BCUT2D eigenvalue weighted by molar-refractivity contribution is -0.136. The quantitative estimate of drug-likeness (QED) is 0.900. The normalized spacial score (nSPS) is 16.9. The summed E-state index contributed by atoms with van der Waals surface area (Å²) < 4.78 is 5.00. The standard InChI is InChI=1S/C18H23N5O2/c1-12-6-4-8-19-18(12)22-16-10-14(20-13(2)21-16)15-7-5-9-23(15)17(24)11-25-3/h4,6,8,10,15H,5,7,9,11H2,1-3H3,(H,19,20,21,22)/t15-/m1/s1. The molecule has 0 bridgehead atoms. The molecule has 1 N–H and O–H groups in total. The van der Waals surface area contributed by atoms with Crippen molar-refractivity contribution in [2.75, 3.05) is 25.6 Å². The number of likely N-dealkylation sites (tertiary alicyclic amines) is 1. The number of nitrogens with one attached hydrogen (secondary N) is 1. The molecular formula is C18H23N5O2. The third kappa shape index (κ3) is 3.93. The van der Waals surface area contributed by atoms with Crippen molar-refractivity contribution in [2.24, 2.45) is 0 Å². The number of hydrogen-bond acceptors (Lipinski definition) is 6. The van der Waals surface area contributed by atoms with Gasteiger partial charge in [0.2, 0.25) is 5.91 Å². The molecule has 0 aliphatic carbocycles. The molecule has 7 nitrogen and oxygen atoms in total. The first-order chi connectivity index (χ1) is 12.1. The number of aromatic nitrogens is 3. The highest BCUT2D eigenvalue weighted by Crippen LogP contribution is 2.32. The van der Waals surface area contributed by atoms with E-state index in [2.05, 4.69) is 20.3 Å². The Morgan fingerprint density at radius 3 is 3.00 bits per heavy atom. The van der Waals surface area contributed by atoms with Crippen molar-refractivity contribution in [2.45, 2.75) is 32.7 Å². The van der Waals surface area contributed by atoms with Crippen molar-refractivity contribution in [3.05, 3.63) is 41.5 Å². The largest absolute Gasteiger partial charge is 0.375 e. The molecule has 0 radical (unpaired) electrons. The molecule has 1 fully saturated rings. The highest BCUT2D eigenvalue weighted by atomic mass is 16.5. The van der Waals surface area contributed by atoms with Crippen LogP contribution in [0, 0.1) is 13.8 Å². The number of aryl methyl sites for hydroxylation is 2. The lowest BCUT2D eigenvalue weighted by atomic mass is 10.1. The minimum atomic E-state index is -0.0327. The summed E-state index contributed by atoms with van der Waals surface area (Å²) in [4.78, 5) is 27.5. The maximum absolute atomic E-state index is 12.3. The third-order valence-corrected chi connectivity index (χ3v) is 4.30. The smallest absolute Gasteiger partial charge is 0.249 e. The van der Waals surface area contributed by atoms with Crippen molar-refractivity contribution in [1.82, 2.24) is 19.9 Å². The van der Waals surface area contributed by atoms with E-state index in [0.29, 0.717) is 11.6 Å². The highest BCUT2D eigenvalue weighted by Gasteiger charge is 2.31. The van der Waals surface area contributed by atoms with E-state index in [4.69, 9.17) is 4.74 Å². The zero-order valence-corrected chi connectivity index (χ0v) is 14.8. The number of carbonyl (C=O) groups excluding carboxylic acids is 1. The van der Waals surface area contributed by atoms with Crippen LogP contribution in [0.1, 0.15) is 36.0 Å². The molecule has 1 amide bonds. The van der Waals surface area contributed by atoms with Crippen molar-refractivity contribution >= 4 is 17.5 Å². The van der Waals surface area contributed by atoms with Gasteiger partial charge in [-0.05, 0) is 38.3 Å². The number of ether oxygens (including phenoxy) is 1. The predicted molar refractivity (Wildman–Crippen MR) is 94.6 cm³/mol. The number of pyridine rings is 1. The molecule has 0 saturated carbocycles. The topological polar surface area (TPSA) is 80.2 Å². The second-order valence-electron chi connectivity index (χ2n) is 6.20. The first-order valence-electron chi connectivity index (χ1n) is 8.41. The minimum absolute atomic E-state index is 0.00338. The van der Waals surface area contributed by atoms with E-state index in [1.54, 1.807) is 6.20 Å². The fourth-order valence-electron chi connectivity index (χ4n) is 3.14. The number of rotatable bonds is 5. The van der Waals surface area contributed by atoms with Gasteiger partial charge >= 0.3 is 0 Å². The Morgan fingerprint density at radius 1 is 1.40 bits per heavy atom. The second kappa shape index (κ2) is 7.57. The van der Waals surface area contributed by atoms with E-state index in [0.717, 1.165) is 36.5 Å². The van der Waals surface area contributed by atoms with Gasteiger partial charge in [0.1, 0.15) is 24.1 Å². The lowest BCUT2D eigenvalue weighted by Crippen LogP contribution is -2.33. The van der Waals surface area contributed by atoms with Crippen LogP contribution in [0.15, 0.2) is 24.4 Å². The van der Waals surface area contributed by atoms with Crippen LogP contribution < -0.4 is 5.32 Å². The van der Waals surface area contributed by atoms with Crippen LogP contribution in [0.5, 0.6) is 0 Å². The van der Waals surface area contributed by atoms with E-state index in [1.807, 2.05) is 36.9 Å². The summed E-state index contributed by atoms with van der Waals surface area (Å²) in [6.45, 7) is 4.68. The van der Waals surface area contributed by atoms with Crippen LogP contribution in [0.3, 0.4) is 0 Å². The summed E-state index contributed by atoms with van der Waals surface area (Å²) in [7, 11) is 1.54. The van der Waals surface area contributed by atoms with Crippen molar-refractivity contribution in [3.8, 4) is 0 Å². The van der Waals surface area contributed by atoms with Gasteiger partial charge < -0.3 is 15.0 Å². The maximum Gasteiger partial charge on any atom is 0.249 e. The van der Waals surface area contributed by atoms with Crippen LogP contribution in [0.2, 0.25) is 0 Å². The summed E-state index contributed by atoms with van der Waals surface area (Å²) in [5.41, 5.74) is 1.89. The van der Waals surface area contributed by atoms with E-state index >= 15 is 0 Å². The van der Waals surface area contributed by atoms with Gasteiger partial charge in [0.05, 0.1) is 11.7 Å². The van der Waals surface area contributed by atoms with Crippen LogP contribution >= 0.6 is 0 Å². The molecule has 1 atom stereocenters. The molecule has 0 spiro atoms. The van der Waals surface area contributed by atoms with Gasteiger partial charge in [0, 0.05) is 25.9 Å². The zero-order valence-electron chi connectivity index (χ0n) is 14.8. The summed E-state index contributed by atoms with van der Waals surface area (Å²) in [5.74, 6) is 2.12. The second-order valence-corrected chi connectivity index (χ2v) is 6.20. The minimum Gasteiger partial charge on any atom is -0.375 e. The van der Waals surface area contributed by atoms with Crippen LogP contribution in [0.4, 0.5) is 11.6 Å². The molecule has 1 aliphatic rings. The first kappa shape index (κ1) is 17.3. The SMILES string of the molecule is COCC(=O)N1CCC[C@@H]1c1cc(Nc2ncccc2C)nc(C)n1. The van der Waals surface area contributed by atoms with Crippen molar-refractivity contribution in [3.63, 3.8) is 0 Å². The van der Waals surface area contributed by atoms with Crippen LogP contribution in [-0.4, -0.2) is 46.0 Å². The van der Waals surface area contributed by atoms with Gasteiger partial charge in [-0.1, -0.05) is 6.07 Å². The zero-order chi connectivity index (χ0) is 17.8. The molecule has 2 aromatic heterocycles. The molecule has 1 saturated heterocycles. The molecule has 7 heteroatoms. The first-order valence-corrected chi connectivity index (χ1v) is 8.41. The molecule has 0 aromatic carbocycles. The van der Waals surface area contributed by atoms with Crippen LogP contribution in [0.25, 0.3) is 0 Å². The maximum atomic E-state index is 12.3. The Balaban J connectivity index is 1.86. The summed E-state index contributed by atoms with van der Waals surface area (Å²) in [6, 6.07) is 5.76. The Morgan fingerprint density at radius 2 is 2.24 bits per heavy atom. The monoisotopic (exact) mass is 341 g/mol. The van der Waals surface area contributed by atoms with Gasteiger partial charge in [-0.3, -0.25) is 4.79 Å². The molecule has 25 heavy (non-hydrogen) atoms. The Hall–Kier alpha value is -2.54. The highest BCUT2D eigenvalue weighted by molar-refractivity contribution is 5.78. The summed E-state index contributed by atoms with van der Waals surface area (Å²) >= 11 is 0. The van der Waals surface area contributed by atoms with Crippen molar-refractivity contribution < 1.29 is 9.53 Å². The van der Waals surface area contributed by atoms with Gasteiger partial charge in [-0.25, -0.2) is 15.0 Å². The Labute approximate surface area is 147 Å². The number of hydrogen-bond donors (Lipinski definition) is 1. The molecule has 3 rings (SSSR count). The molecule has 1 aliphatic heterocycles. The average molecular weight is 341 g/mol. The number of anilines is 2. The van der Waals surface area contributed by atoms with Gasteiger partial charge in [0.15, 0.2) is 0 Å². The van der Waals surface area contributed by atoms with E-state index in [9.17, 15) is 4.79 Å². The Kier molecular flexibility index (Phi) is 5.23. The van der Waals surface area contributed by atoms with Gasteiger partial charge in [-0.15, -0.1) is 0 Å². The van der Waals surface area contributed by atoms with E-state index in [-0.39, 0.29) is 18.6 Å². The summed E-state index contributed by atoms with van der Waals surface area (Å²) in [6.07, 6.45) is 3.60. The molecule has 3 heterocycles. The fourth-order valence-corrected chi connectivity index (χ4v) is 3.14.